The van der Waals surface area contributed by atoms with Crippen molar-refractivity contribution in [2.24, 2.45) is 0 Å². The van der Waals surface area contributed by atoms with Crippen LogP contribution < -0.4 is 10.6 Å². The van der Waals surface area contributed by atoms with Crippen LogP contribution >= 0.6 is 0 Å². The van der Waals surface area contributed by atoms with Gasteiger partial charge in [-0.15, -0.1) is 0 Å². The van der Waals surface area contributed by atoms with Gasteiger partial charge < -0.3 is 10.6 Å². The predicted octanol–water partition coefficient (Wildman–Crippen LogP) is 3.10. The van der Waals surface area contributed by atoms with Crippen LogP contribution in [0.1, 0.15) is 55.5 Å². The van der Waals surface area contributed by atoms with Gasteiger partial charge in [0.05, 0.1) is 0 Å². The van der Waals surface area contributed by atoms with Crippen molar-refractivity contribution < 1.29 is 4.79 Å². The van der Waals surface area contributed by atoms with E-state index in [2.05, 4.69) is 24.5 Å². The van der Waals surface area contributed by atoms with E-state index >= 15 is 0 Å². The molecular weight excluding hydrogens is 236 g/mol. The molecule has 0 spiro atoms. The zero-order valence-electron chi connectivity index (χ0n) is 12.3. The van der Waals surface area contributed by atoms with Crippen molar-refractivity contribution in [1.29, 1.82) is 0 Å². The fourth-order valence-corrected chi connectivity index (χ4v) is 2.23. The van der Waals surface area contributed by atoms with E-state index in [1.807, 2.05) is 24.3 Å². The van der Waals surface area contributed by atoms with Crippen LogP contribution in [0.25, 0.3) is 0 Å². The molecule has 0 unspecified atom stereocenters. The third-order valence-corrected chi connectivity index (χ3v) is 3.31. The summed E-state index contributed by atoms with van der Waals surface area (Å²) in [6.07, 6.45) is 4.88. The van der Waals surface area contributed by atoms with Crippen molar-refractivity contribution in [2.45, 2.75) is 52.1 Å². The van der Waals surface area contributed by atoms with Crippen LogP contribution in [0.15, 0.2) is 24.3 Å². The summed E-state index contributed by atoms with van der Waals surface area (Å²) in [5.41, 5.74) is 1.94. The van der Waals surface area contributed by atoms with E-state index in [-0.39, 0.29) is 5.91 Å². The summed E-state index contributed by atoms with van der Waals surface area (Å²) < 4.78 is 0. The van der Waals surface area contributed by atoms with Crippen molar-refractivity contribution in [3.05, 3.63) is 35.4 Å². The van der Waals surface area contributed by atoms with Gasteiger partial charge in [-0.2, -0.15) is 0 Å². The lowest BCUT2D eigenvalue weighted by Gasteiger charge is -2.17. The third-order valence-electron chi connectivity index (χ3n) is 3.31. The molecule has 0 saturated carbocycles. The molecular formula is C16H26N2O. The summed E-state index contributed by atoms with van der Waals surface area (Å²) in [5, 5.41) is 6.23. The molecule has 1 amide bonds. The summed E-state index contributed by atoms with van der Waals surface area (Å²) in [6.45, 7) is 5.32. The summed E-state index contributed by atoms with van der Waals surface area (Å²) in [6, 6.07) is 8.40. The zero-order valence-corrected chi connectivity index (χ0v) is 12.3. The van der Waals surface area contributed by atoms with Crippen LogP contribution in [-0.4, -0.2) is 19.0 Å². The lowest BCUT2D eigenvalue weighted by atomic mass is 10.1. The number of carbonyl (C=O) groups excluding carboxylic acids is 1. The highest BCUT2D eigenvalue weighted by Gasteiger charge is 2.06. The second-order valence-corrected chi connectivity index (χ2v) is 4.93. The molecule has 0 aliphatic rings. The normalized spacial score (nSPS) is 10.7. The van der Waals surface area contributed by atoms with E-state index < -0.39 is 0 Å². The number of carbonyl (C=O) groups is 1. The molecule has 0 saturated heterocycles. The predicted molar refractivity (Wildman–Crippen MR) is 80.3 cm³/mol. The topological polar surface area (TPSA) is 41.1 Å². The average Bonchev–Trinajstić information content (AvgIpc) is 2.45. The Hall–Kier alpha value is -1.35. The Balaban J connectivity index is 2.50. The monoisotopic (exact) mass is 262 g/mol. The number of nitrogens with one attached hydrogen (secondary N) is 2. The quantitative estimate of drug-likeness (QED) is 0.756. The standard InChI is InChI=1S/C16H26N2O/c1-4-6-15(7-5-2)18-12-13-8-10-14(11-9-13)16(19)17-3/h8-11,15,18H,4-7,12H2,1-3H3,(H,17,19). The van der Waals surface area contributed by atoms with E-state index in [4.69, 9.17) is 0 Å². The molecule has 0 radical (unpaired) electrons. The van der Waals surface area contributed by atoms with Crippen LogP contribution in [0.4, 0.5) is 0 Å². The van der Waals surface area contributed by atoms with Crippen LogP contribution in [0.3, 0.4) is 0 Å². The maximum absolute atomic E-state index is 11.4. The number of benzene rings is 1. The fraction of sp³-hybridized carbons (Fsp3) is 0.562. The average molecular weight is 262 g/mol. The Morgan fingerprint density at radius 2 is 1.68 bits per heavy atom. The van der Waals surface area contributed by atoms with Crippen molar-refractivity contribution in [3.8, 4) is 0 Å². The Bertz CT molecular complexity index is 367. The van der Waals surface area contributed by atoms with Crippen LogP contribution in [0.2, 0.25) is 0 Å². The third kappa shape index (κ3) is 5.43. The summed E-state index contributed by atoms with van der Waals surface area (Å²) in [5.74, 6) is -0.0330. The molecule has 3 nitrogen and oxygen atoms in total. The van der Waals surface area contributed by atoms with E-state index in [1.165, 1.54) is 31.2 Å². The highest BCUT2D eigenvalue weighted by Crippen LogP contribution is 2.08. The van der Waals surface area contributed by atoms with Gasteiger partial charge in [-0.3, -0.25) is 4.79 Å². The van der Waals surface area contributed by atoms with E-state index in [0.29, 0.717) is 11.6 Å². The first-order valence-corrected chi connectivity index (χ1v) is 7.25. The maximum atomic E-state index is 11.4. The van der Waals surface area contributed by atoms with Crippen molar-refractivity contribution in [3.63, 3.8) is 0 Å². The van der Waals surface area contributed by atoms with Gasteiger partial charge in [0.25, 0.3) is 5.91 Å². The Morgan fingerprint density at radius 1 is 1.11 bits per heavy atom. The SMILES string of the molecule is CCCC(CCC)NCc1ccc(C(=O)NC)cc1. The van der Waals surface area contributed by atoms with Gasteiger partial charge in [0, 0.05) is 25.2 Å². The van der Waals surface area contributed by atoms with E-state index in [0.717, 1.165) is 6.54 Å². The maximum Gasteiger partial charge on any atom is 0.251 e. The number of rotatable bonds is 8. The van der Waals surface area contributed by atoms with E-state index in [1.54, 1.807) is 7.05 Å². The Morgan fingerprint density at radius 3 is 2.16 bits per heavy atom. The van der Waals surface area contributed by atoms with Gasteiger partial charge in [-0.05, 0) is 30.5 Å². The van der Waals surface area contributed by atoms with Gasteiger partial charge in [0.2, 0.25) is 0 Å². The number of hydrogen-bond acceptors (Lipinski definition) is 2. The minimum atomic E-state index is -0.0330. The molecule has 1 rings (SSSR count). The second-order valence-electron chi connectivity index (χ2n) is 4.93. The molecule has 0 aliphatic carbocycles. The highest BCUT2D eigenvalue weighted by atomic mass is 16.1. The largest absolute Gasteiger partial charge is 0.355 e. The molecule has 0 fully saturated rings. The Labute approximate surface area is 116 Å². The smallest absolute Gasteiger partial charge is 0.251 e. The van der Waals surface area contributed by atoms with Crippen molar-refractivity contribution in [1.82, 2.24) is 10.6 Å². The van der Waals surface area contributed by atoms with Crippen LogP contribution in [0, 0.1) is 0 Å². The summed E-state index contributed by atoms with van der Waals surface area (Å²) in [4.78, 5) is 11.4. The molecule has 0 bridgehead atoms. The van der Waals surface area contributed by atoms with Crippen LogP contribution in [-0.2, 0) is 6.54 Å². The minimum Gasteiger partial charge on any atom is -0.355 e. The molecule has 0 aromatic heterocycles. The van der Waals surface area contributed by atoms with Gasteiger partial charge in [-0.1, -0.05) is 38.8 Å². The fourth-order valence-electron chi connectivity index (χ4n) is 2.23. The van der Waals surface area contributed by atoms with Crippen LogP contribution in [0.5, 0.6) is 0 Å². The number of hydrogen-bond donors (Lipinski definition) is 2. The summed E-state index contributed by atoms with van der Waals surface area (Å²) >= 11 is 0. The molecule has 2 N–H and O–H groups in total. The van der Waals surface area contributed by atoms with Gasteiger partial charge in [0.1, 0.15) is 0 Å². The molecule has 3 heteroatoms. The lowest BCUT2D eigenvalue weighted by Crippen LogP contribution is -2.28. The van der Waals surface area contributed by atoms with Gasteiger partial charge in [0.15, 0.2) is 0 Å². The minimum absolute atomic E-state index is 0.0330. The van der Waals surface area contributed by atoms with Gasteiger partial charge >= 0.3 is 0 Å². The lowest BCUT2D eigenvalue weighted by molar-refractivity contribution is 0.0963. The molecule has 1 aromatic carbocycles. The van der Waals surface area contributed by atoms with Crippen molar-refractivity contribution in [2.75, 3.05) is 7.05 Å². The molecule has 106 valence electrons. The first kappa shape index (κ1) is 15.7. The first-order valence-electron chi connectivity index (χ1n) is 7.25. The van der Waals surface area contributed by atoms with Crippen molar-refractivity contribution >= 4 is 5.91 Å². The first-order chi connectivity index (χ1) is 9.21. The molecule has 19 heavy (non-hydrogen) atoms. The molecule has 0 atom stereocenters. The van der Waals surface area contributed by atoms with E-state index in [9.17, 15) is 4.79 Å². The second kappa shape index (κ2) is 8.70. The summed E-state index contributed by atoms with van der Waals surface area (Å²) in [7, 11) is 1.65. The molecule has 0 heterocycles. The zero-order chi connectivity index (χ0) is 14.1. The highest BCUT2D eigenvalue weighted by molar-refractivity contribution is 5.93. The Kier molecular flexibility index (Phi) is 7.19. The number of amides is 1. The van der Waals surface area contributed by atoms with Gasteiger partial charge in [-0.25, -0.2) is 0 Å². The molecule has 1 aromatic rings. The molecule has 0 aliphatic heterocycles.